The van der Waals surface area contributed by atoms with Crippen LogP contribution in [0.4, 0.5) is 10.5 Å². The molecule has 1 aromatic heterocycles. The average molecular weight is 378 g/mol. The normalized spacial score (nSPS) is 17.0. The quantitative estimate of drug-likeness (QED) is 0.757. The van der Waals surface area contributed by atoms with Crippen molar-refractivity contribution < 1.29 is 9.53 Å². The minimum Gasteiger partial charge on any atom is -0.445 e. The molecule has 2 aliphatic carbocycles. The van der Waals surface area contributed by atoms with Gasteiger partial charge in [-0.25, -0.2) is 4.79 Å². The largest absolute Gasteiger partial charge is 0.445 e. The fourth-order valence-corrected chi connectivity index (χ4v) is 3.30. The summed E-state index contributed by atoms with van der Waals surface area (Å²) in [6.07, 6.45) is 5.56. The highest BCUT2D eigenvalue weighted by Gasteiger charge is 2.32. The Kier molecular flexibility index (Phi) is 4.96. The minimum absolute atomic E-state index is 0.284. The SMILES string of the molecule is CCc1c(C2CC2)nc2c(c1NC(=O)OCC(Cl)(Cl)Cl)CCC2. The van der Waals surface area contributed by atoms with Gasteiger partial charge >= 0.3 is 6.09 Å². The molecule has 1 aromatic rings. The lowest BCUT2D eigenvalue weighted by Crippen LogP contribution is -2.23. The Hall–Kier alpha value is -0.710. The van der Waals surface area contributed by atoms with Crippen LogP contribution in [0.5, 0.6) is 0 Å². The maximum atomic E-state index is 12.1. The summed E-state index contributed by atoms with van der Waals surface area (Å²) in [7, 11) is 0. The molecule has 126 valence electrons. The maximum Gasteiger partial charge on any atom is 0.411 e. The maximum absolute atomic E-state index is 12.1. The Morgan fingerprint density at radius 3 is 2.70 bits per heavy atom. The molecule has 7 heteroatoms. The van der Waals surface area contributed by atoms with Crippen LogP contribution in [0.15, 0.2) is 0 Å². The first-order valence-electron chi connectivity index (χ1n) is 7.94. The molecule has 0 aromatic carbocycles. The van der Waals surface area contributed by atoms with Gasteiger partial charge in [0.25, 0.3) is 0 Å². The Labute approximate surface area is 150 Å². The van der Waals surface area contributed by atoms with Gasteiger partial charge < -0.3 is 4.74 Å². The van der Waals surface area contributed by atoms with Crippen molar-refractivity contribution in [1.29, 1.82) is 0 Å². The summed E-state index contributed by atoms with van der Waals surface area (Å²) in [6.45, 7) is 1.80. The third kappa shape index (κ3) is 4.04. The second-order valence-electron chi connectivity index (χ2n) is 6.07. The van der Waals surface area contributed by atoms with Crippen molar-refractivity contribution in [2.24, 2.45) is 0 Å². The van der Waals surface area contributed by atoms with Crippen LogP contribution in [0.1, 0.15) is 54.6 Å². The number of pyridine rings is 1. The summed E-state index contributed by atoms with van der Waals surface area (Å²) in [5.41, 5.74) is 5.38. The van der Waals surface area contributed by atoms with Crippen LogP contribution in [0.25, 0.3) is 0 Å². The van der Waals surface area contributed by atoms with Gasteiger partial charge in [-0.3, -0.25) is 10.3 Å². The van der Waals surface area contributed by atoms with Crippen molar-refractivity contribution in [2.45, 2.75) is 55.2 Å². The molecule has 23 heavy (non-hydrogen) atoms. The molecular weight excluding hydrogens is 359 g/mol. The minimum atomic E-state index is -1.61. The first kappa shape index (κ1) is 17.1. The van der Waals surface area contributed by atoms with Crippen molar-refractivity contribution in [1.82, 2.24) is 4.98 Å². The van der Waals surface area contributed by atoms with E-state index >= 15 is 0 Å². The molecule has 3 rings (SSSR count). The third-order valence-corrected chi connectivity index (χ3v) is 4.60. The third-order valence-electron chi connectivity index (χ3n) is 4.27. The molecule has 4 nitrogen and oxygen atoms in total. The van der Waals surface area contributed by atoms with Crippen LogP contribution in [-0.4, -0.2) is 21.5 Å². The highest BCUT2D eigenvalue weighted by molar-refractivity contribution is 6.67. The number of hydrogen-bond acceptors (Lipinski definition) is 3. The molecule has 0 unspecified atom stereocenters. The predicted molar refractivity (Wildman–Crippen MR) is 92.9 cm³/mol. The second kappa shape index (κ2) is 6.66. The molecule has 1 saturated carbocycles. The van der Waals surface area contributed by atoms with Gasteiger partial charge in [-0.05, 0) is 49.7 Å². The lowest BCUT2D eigenvalue weighted by Gasteiger charge is -2.19. The number of hydrogen-bond donors (Lipinski definition) is 1. The number of aryl methyl sites for hydroxylation is 1. The highest BCUT2D eigenvalue weighted by Crippen LogP contribution is 2.44. The Morgan fingerprint density at radius 1 is 1.35 bits per heavy atom. The van der Waals surface area contributed by atoms with E-state index in [0.717, 1.165) is 53.9 Å². The molecule has 0 saturated heterocycles. The van der Waals surface area contributed by atoms with Crippen LogP contribution in [0, 0.1) is 0 Å². The van der Waals surface area contributed by atoms with Gasteiger partial charge in [-0.1, -0.05) is 41.7 Å². The molecule has 1 heterocycles. The van der Waals surface area contributed by atoms with E-state index in [0.29, 0.717) is 5.92 Å². The van der Waals surface area contributed by atoms with Crippen molar-refractivity contribution in [3.8, 4) is 0 Å². The molecule has 0 atom stereocenters. The number of aromatic nitrogens is 1. The van der Waals surface area contributed by atoms with Crippen molar-refractivity contribution in [3.05, 3.63) is 22.5 Å². The van der Waals surface area contributed by atoms with Gasteiger partial charge in [-0.2, -0.15) is 0 Å². The zero-order valence-corrected chi connectivity index (χ0v) is 15.2. The van der Waals surface area contributed by atoms with Crippen molar-refractivity contribution in [3.63, 3.8) is 0 Å². The molecular formula is C16H19Cl3N2O2. The molecule has 0 aliphatic heterocycles. The first-order chi connectivity index (χ1) is 10.9. The fraction of sp³-hybridized carbons (Fsp3) is 0.625. The first-order valence-corrected chi connectivity index (χ1v) is 9.07. The Balaban J connectivity index is 1.86. The summed E-state index contributed by atoms with van der Waals surface area (Å²) in [5.74, 6) is 0.536. The summed E-state index contributed by atoms with van der Waals surface area (Å²) in [6, 6.07) is 0. The van der Waals surface area contributed by atoms with Crippen LogP contribution in [0.3, 0.4) is 0 Å². The second-order valence-corrected chi connectivity index (χ2v) is 8.59. The van der Waals surface area contributed by atoms with Crippen molar-refractivity contribution >= 4 is 46.6 Å². The number of carbonyl (C=O) groups is 1. The Morgan fingerprint density at radius 2 is 2.09 bits per heavy atom. The Bertz CT molecular complexity index is 625. The van der Waals surface area contributed by atoms with Crippen LogP contribution in [0.2, 0.25) is 0 Å². The van der Waals surface area contributed by atoms with E-state index in [1.807, 2.05) is 0 Å². The number of nitrogens with one attached hydrogen (secondary N) is 1. The number of rotatable bonds is 4. The number of amides is 1. The molecule has 1 fully saturated rings. The van der Waals surface area contributed by atoms with Crippen LogP contribution in [-0.2, 0) is 24.0 Å². The van der Waals surface area contributed by atoms with E-state index in [2.05, 4.69) is 12.2 Å². The number of anilines is 1. The van der Waals surface area contributed by atoms with Crippen LogP contribution >= 0.6 is 34.8 Å². The number of fused-ring (bicyclic) bond motifs is 1. The number of carbonyl (C=O) groups excluding carboxylic acids is 1. The van der Waals surface area contributed by atoms with Gasteiger partial charge in [0.15, 0.2) is 0 Å². The zero-order valence-electron chi connectivity index (χ0n) is 12.9. The van der Waals surface area contributed by atoms with E-state index in [1.54, 1.807) is 0 Å². The standard InChI is InChI=1S/C16H19Cl3N2O2/c1-2-10-13(9-6-7-9)20-12-5-3-4-11(12)14(10)21-15(22)23-8-16(17,18)19/h9H,2-8H2,1H3,(H,20,21,22). The number of nitrogens with zero attached hydrogens (tertiary/aromatic N) is 1. The number of ether oxygens (including phenoxy) is 1. The monoisotopic (exact) mass is 376 g/mol. The van der Waals surface area contributed by atoms with Gasteiger partial charge in [0, 0.05) is 17.3 Å². The van der Waals surface area contributed by atoms with E-state index in [1.165, 1.54) is 12.8 Å². The molecule has 1 N–H and O–H groups in total. The van der Waals surface area contributed by atoms with Gasteiger partial charge in [-0.15, -0.1) is 0 Å². The van der Waals surface area contributed by atoms with E-state index in [-0.39, 0.29) is 6.61 Å². The predicted octanol–water partition coefficient (Wildman–Crippen LogP) is 4.93. The summed E-state index contributed by atoms with van der Waals surface area (Å²) in [4.78, 5) is 17.0. The molecule has 0 radical (unpaired) electrons. The summed E-state index contributed by atoms with van der Waals surface area (Å²) < 4.78 is 3.41. The molecule has 2 aliphatic rings. The molecule has 0 spiro atoms. The zero-order chi connectivity index (χ0) is 16.6. The van der Waals surface area contributed by atoms with E-state index in [4.69, 9.17) is 44.5 Å². The van der Waals surface area contributed by atoms with Gasteiger partial charge in [0.2, 0.25) is 3.79 Å². The smallest absolute Gasteiger partial charge is 0.411 e. The van der Waals surface area contributed by atoms with Gasteiger partial charge in [0.1, 0.15) is 6.61 Å². The average Bonchev–Trinajstić information content (AvgIpc) is 3.22. The van der Waals surface area contributed by atoms with E-state index < -0.39 is 9.89 Å². The molecule has 0 bridgehead atoms. The van der Waals surface area contributed by atoms with Crippen LogP contribution < -0.4 is 5.32 Å². The van der Waals surface area contributed by atoms with E-state index in [9.17, 15) is 4.79 Å². The fourth-order valence-electron chi connectivity index (χ4n) is 3.13. The van der Waals surface area contributed by atoms with Crippen molar-refractivity contribution in [2.75, 3.05) is 11.9 Å². The lowest BCUT2D eigenvalue weighted by atomic mass is 10.00. The summed E-state index contributed by atoms with van der Waals surface area (Å²) >= 11 is 16.9. The lowest BCUT2D eigenvalue weighted by molar-refractivity contribution is 0.164. The van der Waals surface area contributed by atoms with Gasteiger partial charge in [0.05, 0.1) is 5.69 Å². The number of halogens is 3. The topological polar surface area (TPSA) is 51.2 Å². The summed E-state index contributed by atoms with van der Waals surface area (Å²) in [5, 5.41) is 2.88. The highest BCUT2D eigenvalue weighted by atomic mass is 35.6. The molecule has 1 amide bonds. The number of alkyl halides is 3.